The van der Waals surface area contributed by atoms with Gasteiger partial charge in [0.25, 0.3) is 0 Å². The lowest BCUT2D eigenvalue weighted by molar-refractivity contribution is -0.201. The van der Waals surface area contributed by atoms with Gasteiger partial charge in [0.15, 0.2) is 5.82 Å². The Kier molecular flexibility index (Phi) is 14.3. The van der Waals surface area contributed by atoms with Gasteiger partial charge in [-0.05, 0) is 144 Å². The zero-order valence-electron chi connectivity index (χ0n) is 39.3. The van der Waals surface area contributed by atoms with Crippen molar-refractivity contribution in [2.24, 2.45) is 20.8 Å². The van der Waals surface area contributed by atoms with Gasteiger partial charge in [-0.1, -0.05) is 18.2 Å². The molecular formula is C45H62N10O10. The number of ether oxygens (including phenoxy) is 4. The molecule has 65 heavy (non-hydrogen) atoms. The van der Waals surface area contributed by atoms with Crippen molar-refractivity contribution in [2.45, 2.75) is 138 Å². The van der Waals surface area contributed by atoms with E-state index >= 15 is 0 Å². The molecule has 1 aromatic heterocycles. The maximum Gasteiger partial charge on any atom is 0.437 e. The van der Waals surface area contributed by atoms with Crippen LogP contribution in [0.2, 0.25) is 0 Å². The van der Waals surface area contributed by atoms with Crippen LogP contribution < -0.4 is 26.6 Å². The number of nitrogens with one attached hydrogen (secondary N) is 5. The molecule has 2 heterocycles. The van der Waals surface area contributed by atoms with Crippen molar-refractivity contribution in [3.05, 3.63) is 53.7 Å². The van der Waals surface area contributed by atoms with E-state index in [4.69, 9.17) is 18.9 Å². The topological polar surface area (TPSA) is 253 Å². The number of carbonyl (C=O) groups is 6. The summed E-state index contributed by atoms with van der Waals surface area (Å²) in [7, 11) is 0. The number of aromatic nitrogens is 2. The summed E-state index contributed by atoms with van der Waals surface area (Å²) >= 11 is 0. The smallest absolute Gasteiger partial charge is 0.437 e. The fraction of sp³-hybridized carbons (Fsp3) is 0.556. The molecule has 3 fully saturated rings. The Morgan fingerprint density at radius 2 is 1.17 bits per heavy atom. The molecule has 20 nitrogen and oxygen atoms in total. The predicted molar refractivity (Wildman–Crippen MR) is 242 cm³/mol. The van der Waals surface area contributed by atoms with Crippen molar-refractivity contribution < 1.29 is 47.7 Å². The van der Waals surface area contributed by atoms with E-state index in [0.717, 1.165) is 11.1 Å². The van der Waals surface area contributed by atoms with E-state index in [1.807, 2.05) is 6.08 Å². The number of hydrogen-bond donors (Lipinski definition) is 5. The van der Waals surface area contributed by atoms with Crippen molar-refractivity contribution in [1.29, 1.82) is 0 Å². The first-order chi connectivity index (χ1) is 30.0. The van der Waals surface area contributed by atoms with Crippen LogP contribution in [0, 0.1) is 10.8 Å². The normalized spacial score (nSPS) is 19.8. The van der Waals surface area contributed by atoms with E-state index in [0.29, 0.717) is 50.2 Å². The van der Waals surface area contributed by atoms with Crippen LogP contribution in [-0.2, 0) is 35.1 Å². The lowest BCUT2D eigenvalue weighted by atomic mass is 9.34. The van der Waals surface area contributed by atoms with Gasteiger partial charge in [-0.3, -0.25) is 20.2 Å². The summed E-state index contributed by atoms with van der Waals surface area (Å²) in [6.45, 7) is 21.4. The van der Waals surface area contributed by atoms with Gasteiger partial charge in [0.1, 0.15) is 22.4 Å². The Morgan fingerprint density at radius 3 is 1.66 bits per heavy atom. The lowest BCUT2D eigenvalue weighted by Crippen LogP contribution is -2.70. The van der Waals surface area contributed by atoms with Gasteiger partial charge in [-0.25, -0.2) is 19.2 Å². The van der Waals surface area contributed by atoms with E-state index < -0.39 is 57.6 Å². The molecule has 1 aromatic carbocycles. The third kappa shape index (κ3) is 14.5. The van der Waals surface area contributed by atoms with Gasteiger partial charge >= 0.3 is 24.4 Å². The molecule has 0 atom stereocenters. The van der Waals surface area contributed by atoms with Crippen LogP contribution in [0.15, 0.2) is 52.5 Å². The number of benzene rings is 1. The summed E-state index contributed by atoms with van der Waals surface area (Å²) in [4.78, 5) is 86.3. The van der Waals surface area contributed by atoms with Gasteiger partial charge < -0.3 is 39.8 Å². The van der Waals surface area contributed by atoms with Crippen LogP contribution in [0.4, 0.5) is 30.7 Å². The van der Waals surface area contributed by atoms with Crippen LogP contribution in [0.25, 0.3) is 5.57 Å². The zero-order chi connectivity index (χ0) is 48.2. The molecule has 6 amide bonds. The first kappa shape index (κ1) is 49.4. The third-order valence-electron chi connectivity index (χ3n) is 9.83. The first-order valence-electron chi connectivity index (χ1n) is 21.4. The maximum atomic E-state index is 13.4. The number of anilines is 2. The number of alkyl carbamates (subject to hydrolysis) is 2. The number of amides is 6. The minimum absolute atomic E-state index is 0.00293. The van der Waals surface area contributed by atoms with Crippen LogP contribution >= 0.6 is 0 Å². The van der Waals surface area contributed by atoms with Crippen LogP contribution in [0.1, 0.15) is 120 Å². The van der Waals surface area contributed by atoms with Gasteiger partial charge in [-0.2, -0.15) is 0 Å². The number of nitrogens with zero attached hydrogens (tertiary/aromatic N) is 5. The van der Waals surface area contributed by atoms with Gasteiger partial charge in [-0.15, -0.1) is 20.2 Å². The summed E-state index contributed by atoms with van der Waals surface area (Å²) < 4.78 is 21.3. The zero-order valence-corrected chi connectivity index (χ0v) is 39.3. The molecule has 0 radical (unpaired) electrons. The standard InChI is InChI=1S/C45H62N10O10/c1-40(2,3)62-36(58)49-34(50-37(59)63-41(4,5)6)46-23-27-13-15-29(16-14-27)47-32(56)44-24-45(25-44,26-44)33(57)48-31-18-17-30(53-54-31)28-19-21-55(22-20-28)35(51-38(60)64-42(7,8)9)52-39(61)65-43(10,11)12/h13-19H,20-26H2,1-12H3,(H,47,56)(H,48,54,57)(H,51,52,60,61)(H2,46,49,50,58,59). The predicted octanol–water partition coefficient (Wildman–Crippen LogP) is 7.03. The van der Waals surface area contributed by atoms with Gasteiger partial charge in [0, 0.05) is 25.3 Å². The molecule has 0 saturated heterocycles. The summed E-state index contributed by atoms with van der Waals surface area (Å²) in [5.74, 6) is -0.259. The molecule has 2 bridgehead atoms. The highest BCUT2D eigenvalue weighted by molar-refractivity contribution is 6.05. The van der Waals surface area contributed by atoms with Gasteiger partial charge in [0.05, 0.1) is 16.5 Å². The van der Waals surface area contributed by atoms with Crippen molar-refractivity contribution in [3.63, 3.8) is 0 Å². The monoisotopic (exact) mass is 902 g/mol. The van der Waals surface area contributed by atoms with E-state index in [2.05, 4.69) is 46.8 Å². The summed E-state index contributed by atoms with van der Waals surface area (Å²) in [5.41, 5.74) is -1.62. The van der Waals surface area contributed by atoms with Gasteiger partial charge in [0.2, 0.25) is 23.7 Å². The average molecular weight is 903 g/mol. The van der Waals surface area contributed by atoms with Crippen molar-refractivity contribution in [1.82, 2.24) is 31.0 Å². The Balaban J connectivity index is 1.11. The first-order valence-corrected chi connectivity index (χ1v) is 21.4. The Bertz CT molecular complexity index is 2220. The van der Waals surface area contributed by atoms with Crippen molar-refractivity contribution in [3.8, 4) is 0 Å². The molecule has 6 rings (SSSR count). The molecular weight excluding hydrogens is 841 g/mol. The summed E-state index contributed by atoms with van der Waals surface area (Å²) in [6, 6.07) is 10.4. The lowest BCUT2D eigenvalue weighted by Gasteiger charge is -2.67. The van der Waals surface area contributed by atoms with Crippen molar-refractivity contribution in [2.75, 3.05) is 23.7 Å². The Hall–Kier alpha value is -6.60. The molecule has 2 aromatic rings. The van der Waals surface area contributed by atoms with Crippen molar-refractivity contribution >= 4 is 65.2 Å². The molecule has 20 heteroatoms. The average Bonchev–Trinajstić information content (AvgIpc) is 3.10. The largest absolute Gasteiger partial charge is 0.444 e. The fourth-order valence-corrected chi connectivity index (χ4v) is 7.17. The number of guanidine groups is 2. The fourth-order valence-electron chi connectivity index (χ4n) is 7.17. The van der Waals surface area contributed by atoms with E-state index in [-0.39, 0.29) is 36.1 Å². The second-order valence-electron chi connectivity index (χ2n) is 20.4. The summed E-state index contributed by atoms with van der Waals surface area (Å²) in [6.07, 6.45) is 0.272. The molecule has 0 unspecified atom stereocenters. The van der Waals surface area contributed by atoms with E-state index in [1.54, 1.807) is 124 Å². The van der Waals surface area contributed by atoms with Crippen LogP contribution in [0.3, 0.4) is 0 Å². The molecule has 1 aliphatic heterocycles. The highest BCUT2D eigenvalue weighted by Crippen LogP contribution is 2.73. The molecule has 352 valence electrons. The minimum Gasteiger partial charge on any atom is -0.444 e. The molecule has 3 saturated carbocycles. The third-order valence-corrected chi connectivity index (χ3v) is 9.83. The second kappa shape index (κ2) is 18.9. The molecule has 5 N–H and O–H groups in total. The molecule has 0 spiro atoms. The number of carbonyl (C=O) groups excluding carboxylic acids is 6. The summed E-state index contributed by atoms with van der Waals surface area (Å²) in [5, 5.41) is 22.4. The number of aliphatic imine (C=N–C) groups is 2. The molecule has 3 aliphatic carbocycles. The van der Waals surface area contributed by atoms with E-state index in [1.165, 1.54) is 0 Å². The Labute approximate surface area is 379 Å². The molecule has 4 aliphatic rings. The quantitative estimate of drug-likeness (QED) is 0.106. The number of rotatable bonds is 7. The number of hydrogen-bond acceptors (Lipinski definition) is 12. The highest BCUT2D eigenvalue weighted by Gasteiger charge is 2.74. The Morgan fingerprint density at radius 1 is 0.646 bits per heavy atom. The second-order valence-corrected chi connectivity index (χ2v) is 20.4. The van der Waals surface area contributed by atoms with Crippen LogP contribution in [0.5, 0.6) is 0 Å². The SMILES string of the molecule is CC(C)(C)OC(=O)/N=C(/NCc1ccc(NC(=O)C23CC(C(=O)Nc4ccc(C5=CCN(/C(=N\C(=O)OC(C)(C)C)NC(=O)OC(C)(C)C)CC5)nn4)(C2)C3)cc1)NC(=O)OC(C)(C)C. The highest BCUT2D eigenvalue weighted by atomic mass is 16.6. The van der Waals surface area contributed by atoms with Crippen LogP contribution in [-0.4, -0.2) is 98.7 Å². The van der Waals surface area contributed by atoms with E-state index in [9.17, 15) is 28.8 Å². The maximum absolute atomic E-state index is 13.4. The minimum atomic E-state index is -0.897.